The maximum Gasteiger partial charge on any atom is 0.573 e. The molecule has 0 aliphatic heterocycles. The fourth-order valence-corrected chi connectivity index (χ4v) is 6.65. The minimum absolute atomic E-state index is 0.107. The van der Waals surface area contributed by atoms with E-state index in [1.165, 1.54) is 16.8 Å². The highest BCUT2D eigenvalue weighted by molar-refractivity contribution is 7.70. The predicted molar refractivity (Wildman–Crippen MR) is 161 cm³/mol. The standard InChI is InChI=1S/C32H32F3N4O3P/c1-4-43(3,41)22-15-16-25(27(18-22)42-32(33,34)35)39-19(2)28(21-13-14-21)30(38-39)23-11-8-12-24-29(23)37-31(36-24)26(40)17-20-9-6-5-7-10-20/h5-12,15-16,18,21,26,40H,4,13-14,17H2,1-3H3,(H,36,37). The average molecular weight is 609 g/mol. The molecule has 2 N–H and O–H groups in total. The Morgan fingerprint density at radius 1 is 1.12 bits per heavy atom. The number of ether oxygens (including phenoxy) is 1. The summed E-state index contributed by atoms with van der Waals surface area (Å²) in [6.45, 7) is 5.13. The van der Waals surface area contributed by atoms with E-state index < -0.39 is 25.4 Å². The van der Waals surface area contributed by atoms with Crippen LogP contribution in [0.3, 0.4) is 0 Å². The number of nitrogens with zero attached hydrogens (tertiary/aromatic N) is 3. The number of H-pyrrole nitrogens is 1. The zero-order valence-corrected chi connectivity index (χ0v) is 24.9. The van der Waals surface area contributed by atoms with E-state index in [1.807, 2.05) is 55.5 Å². The average Bonchev–Trinajstić information content (AvgIpc) is 3.60. The fraction of sp³-hybridized carbons (Fsp3) is 0.312. The Kier molecular flexibility index (Phi) is 7.47. The molecule has 2 aromatic heterocycles. The summed E-state index contributed by atoms with van der Waals surface area (Å²) in [5.74, 6) is 0.180. The molecule has 0 radical (unpaired) electrons. The number of para-hydroxylation sites is 1. The Morgan fingerprint density at radius 3 is 2.53 bits per heavy atom. The second-order valence-corrected chi connectivity index (χ2v) is 14.5. The fourth-order valence-electron chi connectivity index (χ4n) is 5.50. The molecule has 1 saturated carbocycles. The number of fused-ring (bicyclic) bond motifs is 1. The number of aliphatic hydroxyl groups excluding tert-OH is 1. The first kappa shape index (κ1) is 29.2. The summed E-state index contributed by atoms with van der Waals surface area (Å²) in [7, 11) is -2.86. The molecular formula is C32H32F3N4O3P. The van der Waals surface area contributed by atoms with Gasteiger partial charge in [0.15, 0.2) is 5.75 Å². The molecule has 3 aromatic carbocycles. The lowest BCUT2D eigenvalue weighted by atomic mass is 10.0. The molecular weight excluding hydrogens is 576 g/mol. The normalized spacial score (nSPS) is 15.9. The number of aliphatic hydroxyl groups is 1. The minimum Gasteiger partial charge on any atom is -0.403 e. The minimum atomic E-state index is -4.95. The van der Waals surface area contributed by atoms with Crippen LogP contribution in [0.25, 0.3) is 28.0 Å². The van der Waals surface area contributed by atoms with Crippen LogP contribution in [0.2, 0.25) is 0 Å². The molecule has 2 heterocycles. The first-order valence-electron chi connectivity index (χ1n) is 14.2. The lowest BCUT2D eigenvalue weighted by Crippen LogP contribution is -2.20. The highest BCUT2D eigenvalue weighted by Crippen LogP contribution is 2.48. The van der Waals surface area contributed by atoms with Crippen molar-refractivity contribution in [3.63, 3.8) is 0 Å². The third-order valence-corrected chi connectivity index (χ3v) is 10.6. The van der Waals surface area contributed by atoms with Crippen LogP contribution < -0.4 is 10.0 Å². The molecule has 6 rings (SSSR count). The molecule has 7 nitrogen and oxygen atoms in total. The number of alkyl halides is 3. The second kappa shape index (κ2) is 11.0. The number of imidazole rings is 1. The van der Waals surface area contributed by atoms with Gasteiger partial charge in [0.2, 0.25) is 0 Å². The lowest BCUT2D eigenvalue weighted by Gasteiger charge is -2.18. The Hall–Kier alpha value is -3.88. The Balaban J connectivity index is 1.47. The Morgan fingerprint density at radius 2 is 1.86 bits per heavy atom. The first-order valence-corrected chi connectivity index (χ1v) is 16.6. The van der Waals surface area contributed by atoms with Crippen molar-refractivity contribution in [2.45, 2.75) is 51.5 Å². The number of hydrogen-bond acceptors (Lipinski definition) is 5. The summed E-state index contributed by atoms with van der Waals surface area (Å²) < 4.78 is 59.7. The van der Waals surface area contributed by atoms with Crippen LogP contribution >= 0.6 is 7.14 Å². The summed E-state index contributed by atoms with van der Waals surface area (Å²) in [5.41, 5.74) is 5.40. The zero-order valence-electron chi connectivity index (χ0n) is 24.0. The third-order valence-electron chi connectivity index (χ3n) is 8.07. The van der Waals surface area contributed by atoms with Crippen molar-refractivity contribution in [3.8, 4) is 22.7 Å². The van der Waals surface area contributed by atoms with Gasteiger partial charge in [-0.05, 0) is 62.2 Å². The SMILES string of the molecule is CCP(C)(=O)c1ccc(-n2nc(-c3cccc4[nH]c(C(O)Cc5ccccc5)nc34)c(C3CC3)c2C)c(OC(F)(F)F)c1. The molecule has 2 unspecified atom stereocenters. The van der Waals surface area contributed by atoms with Gasteiger partial charge in [0, 0.05) is 34.7 Å². The van der Waals surface area contributed by atoms with Crippen LogP contribution in [-0.2, 0) is 11.0 Å². The van der Waals surface area contributed by atoms with Crippen molar-refractivity contribution >= 4 is 23.5 Å². The van der Waals surface area contributed by atoms with Gasteiger partial charge < -0.3 is 19.4 Å². The van der Waals surface area contributed by atoms with E-state index in [4.69, 9.17) is 10.1 Å². The molecule has 0 spiro atoms. The van der Waals surface area contributed by atoms with Crippen molar-refractivity contribution in [3.05, 3.63) is 89.4 Å². The van der Waals surface area contributed by atoms with Gasteiger partial charge >= 0.3 is 6.36 Å². The van der Waals surface area contributed by atoms with Crippen molar-refractivity contribution in [1.29, 1.82) is 0 Å². The Labute approximate surface area is 247 Å². The number of aromatic nitrogens is 4. The van der Waals surface area contributed by atoms with Crippen LogP contribution in [0.5, 0.6) is 5.75 Å². The summed E-state index contributed by atoms with van der Waals surface area (Å²) >= 11 is 0. The van der Waals surface area contributed by atoms with Gasteiger partial charge in [-0.2, -0.15) is 5.10 Å². The maximum absolute atomic E-state index is 13.6. The molecule has 5 aromatic rings. The molecule has 0 bridgehead atoms. The third kappa shape index (κ3) is 5.86. The van der Waals surface area contributed by atoms with Gasteiger partial charge in [0.05, 0.1) is 16.7 Å². The number of benzene rings is 3. The van der Waals surface area contributed by atoms with Gasteiger partial charge in [0.1, 0.15) is 24.8 Å². The van der Waals surface area contributed by atoms with Crippen molar-refractivity contribution in [2.24, 2.45) is 0 Å². The van der Waals surface area contributed by atoms with E-state index >= 15 is 0 Å². The number of hydrogen-bond donors (Lipinski definition) is 2. The van der Waals surface area contributed by atoms with E-state index in [0.29, 0.717) is 40.6 Å². The summed E-state index contributed by atoms with van der Waals surface area (Å²) in [6, 6.07) is 19.6. The van der Waals surface area contributed by atoms with E-state index in [1.54, 1.807) is 19.7 Å². The number of aromatic amines is 1. The monoisotopic (exact) mass is 608 g/mol. The van der Waals surface area contributed by atoms with E-state index in [9.17, 15) is 22.8 Å². The second-order valence-electron chi connectivity index (χ2n) is 11.2. The molecule has 1 aliphatic rings. The van der Waals surface area contributed by atoms with Crippen LogP contribution in [0.15, 0.2) is 66.7 Å². The smallest absolute Gasteiger partial charge is 0.403 e. The molecule has 0 amide bonds. The van der Waals surface area contributed by atoms with Crippen LogP contribution in [0.1, 0.15) is 54.4 Å². The van der Waals surface area contributed by atoms with Gasteiger partial charge in [-0.1, -0.05) is 49.4 Å². The molecule has 11 heteroatoms. The van der Waals surface area contributed by atoms with E-state index in [2.05, 4.69) is 9.72 Å². The van der Waals surface area contributed by atoms with E-state index in [-0.39, 0.29) is 11.6 Å². The first-order chi connectivity index (χ1) is 20.4. The van der Waals surface area contributed by atoms with Gasteiger partial charge in [-0.15, -0.1) is 13.2 Å². The number of halogens is 3. The van der Waals surface area contributed by atoms with Crippen LogP contribution in [0.4, 0.5) is 13.2 Å². The zero-order chi connectivity index (χ0) is 30.5. The molecule has 1 fully saturated rings. The quantitative estimate of drug-likeness (QED) is 0.170. The van der Waals surface area contributed by atoms with Crippen molar-refractivity contribution < 1.29 is 27.6 Å². The van der Waals surface area contributed by atoms with Gasteiger partial charge in [-0.25, -0.2) is 9.67 Å². The molecule has 2 atom stereocenters. The summed E-state index contributed by atoms with van der Waals surface area (Å²) in [4.78, 5) is 8.01. The lowest BCUT2D eigenvalue weighted by molar-refractivity contribution is -0.274. The predicted octanol–water partition coefficient (Wildman–Crippen LogP) is 7.41. The summed E-state index contributed by atoms with van der Waals surface area (Å²) in [6.07, 6.45) is -3.22. The highest BCUT2D eigenvalue weighted by Gasteiger charge is 2.36. The largest absolute Gasteiger partial charge is 0.573 e. The maximum atomic E-state index is 13.6. The van der Waals surface area contributed by atoms with Crippen molar-refractivity contribution in [2.75, 3.05) is 12.8 Å². The van der Waals surface area contributed by atoms with Crippen LogP contribution in [0, 0.1) is 6.92 Å². The molecule has 0 saturated heterocycles. The van der Waals surface area contributed by atoms with Crippen molar-refractivity contribution in [1.82, 2.24) is 19.7 Å². The van der Waals surface area contributed by atoms with E-state index in [0.717, 1.165) is 35.0 Å². The molecule has 43 heavy (non-hydrogen) atoms. The van der Waals surface area contributed by atoms with Gasteiger partial charge in [0.25, 0.3) is 0 Å². The van der Waals surface area contributed by atoms with Crippen LogP contribution in [-0.4, -0.2) is 44.0 Å². The highest BCUT2D eigenvalue weighted by atomic mass is 31.2. The topological polar surface area (TPSA) is 93.0 Å². The number of nitrogens with one attached hydrogen (secondary N) is 1. The summed E-state index contributed by atoms with van der Waals surface area (Å²) in [5, 5.41) is 16.2. The number of rotatable bonds is 9. The molecule has 1 aliphatic carbocycles. The van der Waals surface area contributed by atoms with Gasteiger partial charge in [-0.3, -0.25) is 0 Å². The molecule has 224 valence electrons. The Bertz CT molecular complexity index is 1840.